The van der Waals surface area contributed by atoms with Crippen molar-refractivity contribution in [1.82, 2.24) is 50.2 Å². The number of rotatable bonds is 16. The molecule has 0 saturated carbocycles. The number of hydrogen-bond acceptors (Lipinski definition) is 12. The van der Waals surface area contributed by atoms with E-state index in [-0.39, 0.29) is 53.0 Å². The van der Waals surface area contributed by atoms with Crippen molar-refractivity contribution in [3.63, 3.8) is 0 Å². The molecule has 18 heteroatoms. The SMILES string of the molecule is CCc1cccc(-c2cnc(C(=O)N3CCN(C[N+]45CCC4(NC(=O)c4ccc(N6CCN(Cc7cnc8cc(CC)c(=O)[nH]c8c7)CC6)cn4)C5)CC3)c(NC(=O)CNCC3CCN(C)C(=O)C3)c2)c1. The fraction of sp³-hybridized carbons (Fsp3) is 0.472. The first kappa shape index (κ1) is 48.0. The summed E-state index contributed by atoms with van der Waals surface area (Å²) in [4.78, 5) is 93.4. The number of piperazine rings is 2. The van der Waals surface area contributed by atoms with Crippen molar-refractivity contribution in [2.75, 3.05) is 109 Å². The smallest absolute Gasteiger partial charge is 0.274 e. The predicted molar refractivity (Wildman–Crippen MR) is 272 cm³/mol. The minimum atomic E-state index is -0.288. The topological polar surface area (TPSA) is 192 Å². The Morgan fingerprint density at radius 2 is 1.65 bits per heavy atom. The van der Waals surface area contributed by atoms with Gasteiger partial charge in [-0.05, 0) is 78.7 Å². The molecule has 4 amide bonds. The number of aromatic amines is 1. The third-order valence-corrected chi connectivity index (χ3v) is 15.6. The van der Waals surface area contributed by atoms with Crippen LogP contribution in [0.3, 0.4) is 0 Å². The fourth-order valence-corrected chi connectivity index (χ4v) is 11.0. The first-order valence-electron chi connectivity index (χ1n) is 25.4. The minimum absolute atomic E-state index is 0.0473. The molecular formula is C53H66N13O5+. The molecular weight excluding hydrogens is 899 g/mol. The van der Waals surface area contributed by atoms with Gasteiger partial charge in [-0.1, -0.05) is 38.1 Å². The normalized spacial score (nSPS) is 22.5. The molecule has 9 heterocycles. The molecule has 3 unspecified atom stereocenters. The quantitative estimate of drug-likeness (QED) is 0.0836. The molecule has 0 radical (unpaired) electrons. The predicted octanol–water partition coefficient (Wildman–Crippen LogP) is 3.30. The largest absolute Gasteiger partial charge is 0.368 e. The molecule has 4 N–H and O–H groups in total. The van der Waals surface area contributed by atoms with Crippen LogP contribution < -0.4 is 26.4 Å². The van der Waals surface area contributed by atoms with Crippen LogP contribution in [0, 0.1) is 5.92 Å². The van der Waals surface area contributed by atoms with Crippen molar-refractivity contribution in [2.45, 2.75) is 58.2 Å². The van der Waals surface area contributed by atoms with Crippen molar-refractivity contribution in [1.29, 1.82) is 0 Å². The molecule has 372 valence electrons. The van der Waals surface area contributed by atoms with Crippen LogP contribution in [-0.2, 0) is 29.0 Å². The summed E-state index contributed by atoms with van der Waals surface area (Å²) in [6.45, 7) is 14.6. The van der Waals surface area contributed by atoms with E-state index in [1.165, 1.54) is 5.56 Å². The first-order chi connectivity index (χ1) is 34.4. The average molecular weight is 965 g/mol. The Labute approximate surface area is 414 Å². The van der Waals surface area contributed by atoms with Gasteiger partial charge in [-0.15, -0.1) is 0 Å². The number of carbonyl (C=O) groups excluding carboxylic acids is 4. The Morgan fingerprint density at radius 1 is 0.831 bits per heavy atom. The molecule has 5 fully saturated rings. The summed E-state index contributed by atoms with van der Waals surface area (Å²) in [7, 11) is 1.82. The molecule has 5 aliphatic heterocycles. The summed E-state index contributed by atoms with van der Waals surface area (Å²) in [5.74, 6) is -0.361. The van der Waals surface area contributed by atoms with Gasteiger partial charge in [0.25, 0.3) is 17.4 Å². The molecule has 10 rings (SSSR count). The molecule has 5 aromatic rings. The van der Waals surface area contributed by atoms with Gasteiger partial charge in [-0.25, -0.2) is 9.97 Å². The zero-order valence-electron chi connectivity index (χ0n) is 41.2. The maximum Gasteiger partial charge on any atom is 0.274 e. The third kappa shape index (κ3) is 10.3. The Kier molecular flexibility index (Phi) is 13.7. The number of benzene rings is 1. The molecule has 71 heavy (non-hydrogen) atoms. The minimum Gasteiger partial charge on any atom is -0.368 e. The van der Waals surface area contributed by atoms with Crippen LogP contribution in [0.5, 0.6) is 0 Å². The van der Waals surface area contributed by atoms with Crippen LogP contribution >= 0.6 is 0 Å². The highest BCUT2D eigenvalue weighted by Gasteiger charge is 2.78. The van der Waals surface area contributed by atoms with E-state index >= 15 is 0 Å². The van der Waals surface area contributed by atoms with Crippen LogP contribution in [-0.4, -0.2) is 172 Å². The van der Waals surface area contributed by atoms with Gasteiger partial charge in [-0.2, -0.15) is 0 Å². The van der Waals surface area contributed by atoms with Crippen molar-refractivity contribution in [3.8, 4) is 11.1 Å². The summed E-state index contributed by atoms with van der Waals surface area (Å²) in [5.41, 5.74) is 7.97. The van der Waals surface area contributed by atoms with E-state index in [0.717, 1.165) is 115 Å². The highest BCUT2D eigenvalue weighted by atomic mass is 16.2. The first-order valence-corrected chi connectivity index (χ1v) is 25.4. The van der Waals surface area contributed by atoms with Gasteiger partial charge in [0.1, 0.15) is 12.4 Å². The van der Waals surface area contributed by atoms with Crippen LogP contribution in [0.25, 0.3) is 22.2 Å². The Hall–Kier alpha value is -6.60. The van der Waals surface area contributed by atoms with Crippen molar-refractivity contribution in [2.24, 2.45) is 5.92 Å². The Morgan fingerprint density at radius 3 is 2.38 bits per heavy atom. The lowest BCUT2D eigenvalue weighted by Gasteiger charge is -2.41. The number of anilines is 2. The summed E-state index contributed by atoms with van der Waals surface area (Å²) in [6.07, 6.45) is 9.23. The monoisotopic (exact) mass is 965 g/mol. The summed E-state index contributed by atoms with van der Waals surface area (Å²) < 4.78 is 0.808. The maximum atomic E-state index is 14.2. The zero-order valence-corrected chi connectivity index (χ0v) is 41.2. The van der Waals surface area contributed by atoms with Gasteiger partial charge in [0, 0.05) is 102 Å². The lowest BCUT2D eigenvalue weighted by Crippen LogP contribution is -2.62. The van der Waals surface area contributed by atoms with Crippen LogP contribution in [0.1, 0.15) is 70.8 Å². The molecule has 0 aliphatic carbocycles. The van der Waals surface area contributed by atoms with E-state index < -0.39 is 0 Å². The molecule has 3 atom stereocenters. The number of fused-ring (bicyclic) bond motifs is 2. The number of amides is 4. The standard InChI is InChI=1S/C53H65N13O5/c1-4-36-7-6-8-40(23-36)41-27-46(58-47(67)32-54-28-37-11-13-61(3)48(68)25-37)49(57-30-41)52(71)65-20-16-63(17-21-65)35-66-22-12-53(66,34-66)60-51(70)43-10-9-42(31-56-43)64-18-14-62(15-19-64)33-38-24-45-44(55-29-38)26-39(5-2)50(69)59-45/h6-10,23-24,26-27,29-31,37,54H,4-5,11-22,25,28,32-35H2,1-3H3,(H2-,58,59,60,67,69,70,71)/p+1. The molecule has 0 bridgehead atoms. The number of carbonyl (C=O) groups is 4. The number of hydrogen-bond donors (Lipinski definition) is 4. The number of pyridine rings is 4. The molecule has 5 aliphatic rings. The van der Waals surface area contributed by atoms with Crippen molar-refractivity contribution in [3.05, 3.63) is 112 Å². The van der Waals surface area contributed by atoms with Crippen molar-refractivity contribution < 1.29 is 23.7 Å². The van der Waals surface area contributed by atoms with E-state index in [0.29, 0.717) is 63.5 Å². The summed E-state index contributed by atoms with van der Waals surface area (Å²) >= 11 is 0. The number of H-pyrrole nitrogens is 1. The molecule has 0 spiro atoms. The van der Waals surface area contributed by atoms with Gasteiger partial charge in [-0.3, -0.25) is 48.6 Å². The number of likely N-dealkylation sites (tertiary alicyclic amines) is 1. The fourth-order valence-electron chi connectivity index (χ4n) is 11.0. The number of nitrogens with zero attached hydrogens (tertiary/aromatic N) is 9. The number of aryl methyl sites for hydroxylation is 2. The second-order valence-corrected chi connectivity index (χ2v) is 20.3. The molecule has 1 aromatic carbocycles. The molecule has 5 saturated heterocycles. The Bertz CT molecular complexity index is 2880. The molecule has 4 aromatic heterocycles. The van der Waals surface area contributed by atoms with E-state index in [2.05, 4.69) is 69.6 Å². The van der Waals surface area contributed by atoms with E-state index in [1.54, 1.807) is 17.3 Å². The van der Waals surface area contributed by atoms with Gasteiger partial charge in [0.05, 0.1) is 48.1 Å². The van der Waals surface area contributed by atoms with E-state index in [9.17, 15) is 24.0 Å². The lowest BCUT2D eigenvalue weighted by molar-refractivity contribution is -0.879. The van der Waals surface area contributed by atoms with Crippen molar-refractivity contribution >= 4 is 46.0 Å². The average Bonchev–Trinajstić information content (AvgIpc) is 3.83. The van der Waals surface area contributed by atoms with Gasteiger partial charge >= 0.3 is 0 Å². The lowest BCUT2D eigenvalue weighted by atomic mass is 9.96. The second kappa shape index (κ2) is 20.3. The number of nitrogens with one attached hydrogen (secondary N) is 4. The van der Waals surface area contributed by atoms with Gasteiger partial charge < -0.3 is 30.3 Å². The second-order valence-electron chi connectivity index (χ2n) is 20.3. The Balaban J connectivity index is 0.702. The van der Waals surface area contributed by atoms with E-state index in [1.807, 2.05) is 67.5 Å². The van der Waals surface area contributed by atoms with Crippen LogP contribution in [0.15, 0.2) is 78.0 Å². The summed E-state index contributed by atoms with van der Waals surface area (Å²) in [5, 5.41) is 9.58. The highest BCUT2D eigenvalue weighted by molar-refractivity contribution is 6.03. The number of piperidine rings is 1. The maximum absolute atomic E-state index is 14.2. The number of quaternary nitrogens is 1. The number of aromatic nitrogens is 4. The highest BCUT2D eigenvalue weighted by Crippen LogP contribution is 2.53. The molecule has 18 nitrogen and oxygen atoms in total. The summed E-state index contributed by atoms with van der Waals surface area (Å²) in [6, 6.07) is 17.8. The zero-order chi connectivity index (χ0) is 49.3. The van der Waals surface area contributed by atoms with Gasteiger partial charge in [0.2, 0.25) is 17.5 Å². The van der Waals surface area contributed by atoms with Crippen LogP contribution in [0.4, 0.5) is 11.4 Å². The van der Waals surface area contributed by atoms with E-state index in [4.69, 9.17) is 0 Å². The van der Waals surface area contributed by atoms with Gasteiger partial charge in [0.15, 0.2) is 12.2 Å². The van der Waals surface area contributed by atoms with Crippen LogP contribution in [0.2, 0.25) is 0 Å². The third-order valence-electron chi connectivity index (χ3n) is 15.6.